The number of halogens is 3. The summed E-state index contributed by atoms with van der Waals surface area (Å²) in [6, 6.07) is 5.32. The van der Waals surface area contributed by atoms with E-state index in [0.717, 1.165) is 6.07 Å². The molecule has 0 aliphatic carbocycles. The monoisotopic (exact) mass is 374 g/mol. The van der Waals surface area contributed by atoms with E-state index in [9.17, 15) is 9.18 Å². The Labute approximate surface area is 133 Å². The molecule has 1 aromatic carbocycles. The Bertz CT molecular complexity index is 656. The van der Waals surface area contributed by atoms with E-state index >= 15 is 0 Å². The molecular formula is C13H9BrClFN2OS. The van der Waals surface area contributed by atoms with Crippen molar-refractivity contribution in [2.75, 3.05) is 6.26 Å². The summed E-state index contributed by atoms with van der Waals surface area (Å²) in [5.41, 5.74) is 0.632. The van der Waals surface area contributed by atoms with Gasteiger partial charge in [-0.15, -0.1) is 0 Å². The summed E-state index contributed by atoms with van der Waals surface area (Å²) < 4.78 is 13.2. The zero-order valence-electron chi connectivity index (χ0n) is 10.3. The number of aromatic nitrogens is 2. The minimum absolute atomic E-state index is 0.123. The Balaban J connectivity index is 2.34. The first-order valence-corrected chi connectivity index (χ1v) is 8.05. The van der Waals surface area contributed by atoms with Crippen molar-refractivity contribution in [3.63, 3.8) is 0 Å². The maximum atomic E-state index is 13.2. The number of carbonyl (C=O) groups excluding carboxylic acids is 1. The van der Waals surface area contributed by atoms with Crippen LogP contribution in [0.1, 0.15) is 20.9 Å². The van der Waals surface area contributed by atoms with Crippen LogP contribution in [0.15, 0.2) is 35.6 Å². The van der Waals surface area contributed by atoms with Crippen LogP contribution >= 0.6 is 39.3 Å². The highest BCUT2D eigenvalue weighted by Crippen LogP contribution is 2.29. The van der Waals surface area contributed by atoms with Crippen molar-refractivity contribution < 1.29 is 9.18 Å². The van der Waals surface area contributed by atoms with E-state index in [1.165, 1.54) is 23.9 Å². The van der Waals surface area contributed by atoms with E-state index < -0.39 is 10.6 Å². The Kier molecular flexibility index (Phi) is 5.12. The first kappa shape index (κ1) is 15.4. The summed E-state index contributed by atoms with van der Waals surface area (Å²) in [5.74, 6) is -0.856. The summed E-state index contributed by atoms with van der Waals surface area (Å²) in [7, 11) is 0. The van der Waals surface area contributed by atoms with Crippen LogP contribution in [-0.2, 0) is 0 Å². The second-order valence-corrected chi connectivity index (χ2v) is 5.92. The van der Waals surface area contributed by atoms with E-state index in [-0.39, 0.29) is 16.4 Å². The molecule has 0 bridgehead atoms. The van der Waals surface area contributed by atoms with Gasteiger partial charge in [-0.25, -0.2) is 14.4 Å². The maximum Gasteiger partial charge on any atom is 0.187 e. The third kappa shape index (κ3) is 3.37. The SMILES string of the molecule is CSc1nccc(C(Br)C(=O)c2cc(F)ccc2Cl)n1. The van der Waals surface area contributed by atoms with Gasteiger partial charge in [0.1, 0.15) is 10.6 Å². The summed E-state index contributed by atoms with van der Waals surface area (Å²) in [6.07, 6.45) is 3.41. The van der Waals surface area contributed by atoms with Crippen molar-refractivity contribution in [2.24, 2.45) is 0 Å². The number of hydrogen-bond acceptors (Lipinski definition) is 4. The highest BCUT2D eigenvalue weighted by molar-refractivity contribution is 9.09. The second-order valence-electron chi connectivity index (χ2n) is 3.82. The molecule has 0 amide bonds. The molecule has 2 aromatic rings. The van der Waals surface area contributed by atoms with Crippen LogP contribution in [0, 0.1) is 5.82 Å². The fraction of sp³-hybridized carbons (Fsp3) is 0.154. The topological polar surface area (TPSA) is 42.9 Å². The average Bonchev–Trinajstić information content (AvgIpc) is 2.48. The van der Waals surface area contributed by atoms with Crippen molar-refractivity contribution in [3.8, 4) is 0 Å². The van der Waals surface area contributed by atoms with Gasteiger partial charge in [-0.2, -0.15) is 0 Å². The number of hydrogen-bond donors (Lipinski definition) is 0. The van der Waals surface area contributed by atoms with E-state index in [1.54, 1.807) is 12.3 Å². The van der Waals surface area contributed by atoms with Gasteiger partial charge in [0.15, 0.2) is 10.9 Å². The molecule has 0 spiro atoms. The normalized spacial score (nSPS) is 12.2. The number of carbonyl (C=O) groups is 1. The van der Waals surface area contributed by atoms with Gasteiger partial charge >= 0.3 is 0 Å². The standard InChI is InChI=1S/C13H9BrClFN2OS/c1-20-13-17-5-4-10(18-13)11(14)12(19)8-6-7(16)2-3-9(8)15/h2-6,11H,1H3. The lowest BCUT2D eigenvalue weighted by Gasteiger charge is -2.10. The van der Waals surface area contributed by atoms with Crippen molar-refractivity contribution >= 4 is 45.1 Å². The van der Waals surface area contributed by atoms with Gasteiger partial charge in [-0.1, -0.05) is 39.3 Å². The van der Waals surface area contributed by atoms with Gasteiger partial charge in [0.25, 0.3) is 0 Å². The summed E-state index contributed by atoms with van der Waals surface area (Å²) >= 11 is 10.6. The molecule has 0 aliphatic heterocycles. The molecule has 1 aromatic heterocycles. The van der Waals surface area contributed by atoms with Gasteiger partial charge < -0.3 is 0 Å². The molecule has 1 heterocycles. The third-order valence-electron chi connectivity index (χ3n) is 2.52. The van der Waals surface area contributed by atoms with Crippen LogP contribution in [0.3, 0.4) is 0 Å². The van der Waals surface area contributed by atoms with Crippen LogP contribution in [0.25, 0.3) is 0 Å². The van der Waals surface area contributed by atoms with Crippen LogP contribution < -0.4 is 0 Å². The van der Waals surface area contributed by atoms with Crippen molar-refractivity contribution in [3.05, 3.63) is 52.6 Å². The van der Waals surface area contributed by atoms with E-state index in [4.69, 9.17) is 11.6 Å². The molecule has 0 N–H and O–H groups in total. The predicted molar refractivity (Wildman–Crippen MR) is 81.2 cm³/mol. The Hall–Kier alpha value is -0.980. The van der Waals surface area contributed by atoms with Crippen LogP contribution in [0.5, 0.6) is 0 Å². The molecule has 20 heavy (non-hydrogen) atoms. The van der Waals surface area contributed by atoms with Crippen LogP contribution in [0.4, 0.5) is 4.39 Å². The fourth-order valence-corrected chi connectivity index (χ4v) is 2.63. The Morgan fingerprint density at radius 1 is 1.45 bits per heavy atom. The van der Waals surface area contributed by atoms with Gasteiger partial charge in [0.2, 0.25) is 0 Å². The van der Waals surface area contributed by atoms with E-state index in [0.29, 0.717) is 10.9 Å². The van der Waals surface area contributed by atoms with E-state index in [1.807, 2.05) is 6.26 Å². The maximum absolute atomic E-state index is 13.2. The predicted octanol–water partition coefficient (Wildman–Crippen LogP) is 4.31. The quantitative estimate of drug-likeness (QED) is 0.346. The average molecular weight is 376 g/mol. The van der Waals surface area contributed by atoms with Crippen molar-refractivity contribution in [2.45, 2.75) is 9.98 Å². The molecular weight excluding hydrogens is 367 g/mol. The largest absolute Gasteiger partial charge is 0.292 e. The summed E-state index contributed by atoms with van der Waals surface area (Å²) in [6.45, 7) is 0. The van der Waals surface area contributed by atoms with Gasteiger partial charge in [-0.05, 0) is 30.5 Å². The van der Waals surface area contributed by atoms with Crippen LogP contribution in [0.2, 0.25) is 5.02 Å². The zero-order chi connectivity index (χ0) is 14.7. The number of benzene rings is 1. The smallest absolute Gasteiger partial charge is 0.187 e. The minimum atomic E-state index is -0.698. The molecule has 1 unspecified atom stereocenters. The number of thioether (sulfide) groups is 1. The van der Waals surface area contributed by atoms with E-state index in [2.05, 4.69) is 25.9 Å². The van der Waals surface area contributed by atoms with Gasteiger partial charge in [0.05, 0.1) is 10.7 Å². The number of ketones is 1. The Morgan fingerprint density at radius 3 is 2.90 bits per heavy atom. The molecule has 7 heteroatoms. The van der Waals surface area contributed by atoms with Crippen molar-refractivity contribution in [1.29, 1.82) is 0 Å². The number of Topliss-reactive ketones (excluding diaryl/α,β-unsaturated/α-hetero) is 1. The third-order valence-corrected chi connectivity index (χ3v) is 4.30. The molecule has 3 nitrogen and oxygen atoms in total. The lowest BCUT2D eigenvalue weighted by molar-refractivity contribution is 0.0990. The number of alkyl halides is 1. The fourth-order valence-electron chi connectivity index (χ4n) is 1.55. The molecule has 0 fully saturated rings. The highest BCUT2D eigenvalue weighted by atomic mass is 79.9. The lowest BCUT2D eigenvalue weighted by Crippen LogP contribution is -2.10. The highest BCUT2D eigenvalue weighted by Gasteiger charge is 2.23. The van der Waals surface area contributed by atoms with Crippen LogP contribution in [-0.4, -0.2) is 22.0 Å². The summed E-state index contributed by atoms with van der Waals surface area (Å²) in [4.78, 5) is 19.9. The number of rotatable bonds is 4. The second kappa shape index (κ2) is 6.65. The molecule has 0 radical (unpaired) electrons. The summed E-state index contributed by atoms with van der Waals surface area (Å²) in [5, 5.41) is 0.769. The van der Waals surface area contributed by atoms with Crippen molar-refractivity contribution in [1.82, 2.24) is 9.97 Å². The first-order valence-electron chi connectivity index (χ1n) is 5.53. The molecule has 2 rings (SSSR count). The van der Waals surface area contributed by atoms with Gasteiger partial charge in [-0.3, -0.25) is 4.79 Å². The first-order chi connectivity index (χ1) is 9.52. The minimum Gasteiger partial charge on any atom is -0.292 e. The molecule has 1 atom stereocenters. The zero-order valence-corrected chi connectivity index (χ0v) is 13.5. The lowest BCUT2D eigenvalue weighted by atomic mass is 10.1. The number of nitrogens with zero attached hydrogens (tertiary/aromatic N) is 2. The Morgan fingerprint density at radius 2 is 2.20 bits per heavy atom. The molecule has 0 saturated heterocycles. The molecule has 0 aliphatic rings. The molecule has 0 saturated carbocycles. The van der Waals surface area contributed by atoms with Gasteiger partial charge in [0, 0.05) is 11.8 Å². The molecule has 104 valence electrons.